The third kappa shape index (κ3) is 3.68. The average Bonchev–Trinajstić information content (AvgIpc) is 3.46. The molecule has 5 rings (SSSR count). The van der Waals surface area contributed by atoms with Gasteiger partial charge in [0, 0.05) is 5.56 Å². The molecule has 9 heteroatoms. The van der Waals surface area contributed by atoms with Gasteiger partial charge in [0.25, 0.3) is 0 Å². The van der Waals surface area contributed by atoms with Gasteiger partial charge in [-0.1, -0.05) is 17.7 Å². The molecule has 0 aliphatic rings. The molecule has 0 bridgehead atoms. The van der Waals surface area contributed by atoms with Crippen molar-refractivity contribution in [3.8, 4) is 34.3 Å². The summed E-state index contributed by atoms with van der Waals surface area (Å²) in [5.74, 6) is 2.41. The molecule has 3 heterocycles. The van der Waals surface area contributed by atoms with Crippen molar-refractivity contribution in [1.82, 2.24) is 29.4 Å². The van der Waals surface area contributed by atoms with E-state index in [1.165, 1.54) is 5.56 Å². The minimum Gasteiger partial charge on any atom is -0.490 e. The number of nitrogens with zero attached hydrogens (tertiary/aromatic N) is 6. The zero-order chi connectivity index (χ0) is 23.7. The van der Waals surface area contributed by atoms with Crippen LogP contribution in [0.4, 0.5) is 0 Å². The Hall–Kier alpha value is -4.14. The largest absolute Gasteiger partial charge is 0.490 e. The highest BCUT2D eigenvalue weighted by Gasteiger charge is 2.20. The molecule has 0 amide bonds. The first-order chi connectivity index (χ1) is 16.6. The van der Waals surface area contributed by atoms with Crippen molar-refractivity contribution in [2.75, 3.05) is 19.8 Å². The van der Waals surface area contributed by atoms with Crippen molar-refractivity contribution in [3.63, 3.8) is 0 Å². The summed E-state index contributed by atoms with van der Waals surface area (Å²) >= 11 is 0. The predicted octanol–water partition coefficient (Wildman–Crippen LogP) is 4.63. The number of aromatic nitrogens is 6. The fourth-order valence-corrected chi connectivity index (χ4v) is 3.91. The number of ether oxygens (including phenoxy) is 3. The summed E-state index contributed by atoms with van der Waals surface area (Å²) in [6.45, 7) is 9.34. The second-order valence-electron chi connectivity index (χ2n) is 7.69. The van der Waals surface area contributed by atoms with Crippen LogP contribution in [0.15, 0.2) is 48.9 Å². The third-order valence-corrected chi connectivity index (χ3v) is 5.42. The van der Waals surface area contributed by atoms with Gasteiger partial charge in [-0.15, -0.1) is 10.2 Å². The Morgan fingerprint density at radius 3 is 2.15 bits per heavy atom. The summed E-state index contributed by atoms with van der Waals surface area (Å²) in [7, 11) is 0. The molecule has 34 heavy (non-hydrogen) atoms. The molecule has 0 N–H and O–H groups in total. The Kier molecular flexibility index (Phi) is 5.75. The maximum absolute atomic E-state index is 5.87. The first-order valence-electron chi connectivity index (χ1n) is 11.4. The normalized spacial score (nSPS) is 11.3. The monoisotopic (exact) mass is 458 g/mol. The van der Waals surface area contributed by atoms with Gasteiger partial charge in [0.2, 0.25) is 5.75 Å². The molecule has 9 nitrogen and oxygen atoms in total. The number of rotatable bonds is 8. The van der Waals surface area contributed by atoms with Crippen molar-refractivity contribution in [1.29, 1.82) is 0 Å². The van der Waals surface area contributed by atoms with Crippen molar-refractivity contribution in [3.05, 3.63) is 54.5 Å². The molecule has 0 saturated heterocycles. The Morgan fingerprint density at radius 1 is 0.824 bits per heavy atom. The molecule has 3 aromatic heterocycles. The van der Waals surface area contributed by atoms with E-state index in [0.717, 1.165) is 16.6 Å². The molecule has 0 aliphatic carbocycles. The zero-order valence-corrected chi connectivity index (χ0v) is 19.6. The lowest BCUT2D eigenvalue weighted by atomic mass is 10.1. The fourth-order valence-electron chi connectivity index (χ4n) is 3.91. The molecular formula is C25H26N6O3. The smallest absolute Gasteiger partial charge is 0.203 e. The van der Waals surface area contributed by atoms with Gasteiger partial charge < -0.3 is 14.2 Å². The van der Waals surface area contributed by atoms with E-state index in [1.807, 2.05) is 61.6 Å². The quantitative estimate of drug-likeness (QED) is 0.335. The Bertz CT molecular complexity index is 1430. The van der Waals surface area contributed by atoms with E-state index in [4.69, 9.17) is 14.2 Å². The lowest BCUT2D eigenvalue weighted by Gasteiger charge is -2.16. The zero-order valence-electron chi connectivity index (χ0n) is 19.6. The summed E-state index contributed by atoms with van der Waals surface area (Å²) in [6, 6.07) is 11.9. The standard InChI is InChI=1S/C25H26N6O3/c1-5-32-20-12-17(13-21(33-6-2)22(20)34-7-3)23-28-29-25-19-14-27-31(24(19)26-15-30(23)25)18-10-8-16(4)9-11-18/h8-15H,5-7H2,1-4H3. The highest BCUT2D eigenvalue weighted by Crippen LogP contribution is 2.41. The van der Waals surface area contributed by atoms with Gasteiger partial charge in [-0.2, -0.15) is 5.10 Å². The fraction of sp³-hybridized carbons (Fsp3) is 0.280. The van der Waals surface area contributed by atoms with Crippen molar-refractivity contribution >= 4 is 16.7 Å². The molecule has 0 spiro atoms. The molecule has 5 aromatic rings. The van der Waals surface area contributed by atoms with Gasteiger partial charge in [0.05, 0.1) is 37.1 Å². The van der Waals surface area contributed by atoms with Gasteiger partial charge in [0.1, 0.15) is 6.33 Å². The molecule has 0 saturated carbocycles. The Morgan fingerprint density at radius 2 is 1.50 bits per heavy atom. The van der Waals surface area contributed by atoms with Crippen LogP contribution in [0.1, 0.15) is 26.3 Å². The van der Waals surface area contributed by atoms with Gasteiger partial charge in [0.15, 0.2) is 28.6 Å². The average molecular weight is 459 g/mol. The molecule has 0 radical (unpaired) electrons. The Balaban J connectivity index is 1.65. The highest BCUT2D eigenvalue weighted by molar-refractivity contribution is 5.90. The summed E-state index contributed by atoms with van der Waals surface area (Å²) in [5.41, 5.74) is 4.29. The van der Waals surface area contributed by atoms with E-state index in [9.17, 15) is 0 Å². The lowest BCUT2D eigenvalue weighted by Crippen LogP contribution is -2.03. The van der Waals surface area contributed by atoms with Crippen LogP contribution >= 0.6 is 0 Å². The summed E-state index contributed by atoms with van der Waals surface area (Å²) in [4.78, 5) is 4.69. The maximum atomic E-state index is 5.87. The van der Waals surface area contributed by atoms with Gasteiger partial charge >= 0.3 is 0 Å². The van der Waals surface area contributed by atoms with Crippen LogP contribution in [0.2, 0.25) is 0 Å². The van der Waals surface area contributed by atoms with Crippen LogP contribution in [-0.2, 0) is 0 Å². The van der Waals surface area contributed by atoms with E-state index in [1.54, 1.807) is 17.2 Å². The topological polar surface area (TPSA) is 88.6 Å². The number of aryl methyl sites for hydroxylation is 1. The van der Waals surface area contributed by atoms with E-state index in [2.05, 4.69) is 27.2 Å². The minimum absolute atomic E-state index is 0.496. The van der Waals surface area contributed by atoms with Gasteiger partial charge in [-0.05, 0) is 52.0 Å². The third-order valence-electron chi connectivity index (χ3n) is 5.42. The summed E-state index contributed by atoms with van der Waals surface area (Å²) in [6.07, 6.45) is 3.49. The van der Waals surface area contributed by atoms with Crippen LogP contribution in [0.3, 0.4) is 0 Å². The summed E-state index contributed by atoms with van der Waals surface area (Å²) in [5, 5.41) is 14.3. The van der Waals surface area contributed by atoms with Gasteiger partial charge in [-0.25, -0.2) is 9.67 Å². The molecule has 0 aliphatic heterocycles. The lowest BCUT2D eigenvalue weighted by molar-refractivity contribution is 0.261. The predicted molar refractivity (Wildman–Crippen MR) is 129 cm³/mol. The number of hydrogen-bond donors (Lipinski definition) is 0. The van der Waals surface area contributed by atoms with Crippen LogP contribution in [0, 0.1) is 6.92 Å². The minimum atomic E-state index is 0.496. The van der Waals surface area contributed by atoms with E-state index in [0.29, 0.717) is 54.2 Å². The van der Waals surface area contributed by atoms with Crippen LogP contribution in [0.5, 0.6) is 17.2 Å². The molecule has 0 atom stereocenters. The second kappa shape index (κ2) is 9.01. The molecule has 0 unspecified atom stereocenters. The summed E-state index contributed by atoms with van der Waals surface area (Å²) < 4.78 is 21.2. The van der Waals surface area contributed by atoms with E-state index < -0.39 is 0 Å². The molecule has 2 aromatic carbocycles. The second-order valence-corrected chi connectivity index (χ2v) is 7.69. The number of benzene rings is 2. The van der Waals surface area contributed by atoms with Gasteiger partial charge in [-0.3, -0.25) is 4.40 Å². The van der Waals surface area contributed by atoms with Crippen LogP contribution in [-0.4, -0.2) is 49.2 Å². The molecule has 174 valence electrons. The molecular weight excluding hydrogens is 432 g/mol. The number of hydrogen-bond acceptors (Lipinski definition) is 7. The first-order valence-corrected chi connectivity index (χ1v) is 11.4. The maximum Gasteiger partial charge on any atom is 0.203 e. The van der Waals surface area contributed by atoms with E-state index in [-0.39, 0.29) is 0 Å². The van der Waals surface area contributed by atoms with E-state index >= 15 is 0 Å². The van der Waals surface area contributed by atoms with Crippen LogP contribution < -0.4 is 14.2 Å². The van der Waals surface area contributed by atoms with Crippen molar-refractivity contribution in [2.24, 2.45) is 0 Å². The SMILES string of the molecule is CCOc1cc(-c2nnc3c4cnn(-c5ccc(C)cc5)c4ncn23)cc(OCC)c1OCC. The van der Waals surface area contributed by atoms with Crippen LogP contribution in [0.25, 0.3) is 33.8 Å². The van der Waals surface area contributed by atoms with Crippen molar-refractivity contribution in [2.45, 2.75) is 27.7 Å². The highest BCUT2D eigenvalue weighted by atomic mass is 16.5. The Labute approximate surface area is 196 Å². The number of fused-ring (bicyclic) bond motifs is 3. The first kappa shape index (κ1) is 21.7. The molecule has 0 fully saturated rings. The van der Waals surface area contributed by atoms with Crippen molar-refractivity contribution < 1.29 is 14.2 Å².